The van der Waals surface area contributed by atoms with Gasteiger partial charge >= 0.3 is 11.9 Å². The topological polar surface area (TPSA) is 91.0 Å². The highest BCUT2D eigenvalue weighted by atomic mass is 35.5. The lowest BCUT2D eigenvalue weighted by molar-refractivity contribution is -0.143. The third-order valence-corrected chi connectivity index (χ3v) is 6.08. The minimum Gasteiger partial charge on any atom is -0.380 e. The molecule has 1 saturated heterocycles. The minimum atomic E-state index is -4.63. The van der Waals surface area contributed by atoms with Gasteiger partial charge in [0, 0.05) is 18.6 Å². The van der Waals surface area contributed by atoms with E-state index in [9.17, 15) is 27.2 Å². The number of hydrogen-bond donors (Lipinski definition) is 1. The van der Waals surface area contributed by atoms with E-state index in [2.05, 4.69) is 15.4 Å². The summed E-state index contributed by atoms with van der Waals surface area (Å²) in [6.45, 7) is -0.508. The summed E-state index contributed by atoms with van der Waals surface area (Å²) in [6, 6.07) is 7.23. The Morgan fingerprint density at radius 3 is 2.66 bits per heavy atom. The third-order valence-electron chi connectivity index (χ3n) is 5.78. The number of nitrogens with one attached hydrogen (secondary N) is 1. The number of aromatic nitrogens is 4. The van der Waals surface area contributed by atoms with Gasteiger partial charge in [-0.3, -0.25) is 4.79 Å². The number of rotatable bonds is 6. The van der Waals surface area contributed by atoms with Crippen molar-refractivity contribution in [1.29, 1.82) is 0 Å². The number of pyridine rings is 1. The van der Waals surface area contributed by atoms with Gasteiger partial charge in [-0.2, -0.15) is 18.3 Å². The number of ether oxygens (including phenoxy) is 1. The summed E-state index contributed by atoms with van der Waals surface area (Å²) in [5.41, 5.74) is -0.889. The fourth-order valence-corrected chi connectivity index (χ4v) is 4.18. The molecule has 1 N–H and O–H groups in total. The molecule has 1 aliphatic heterocycles. The second-order valence-electron chi connectivity index (χ2n) is 8.21. The van der Waals surface area contributed by atoms with E-state index in [4.69, 9.17) is 16.3 Å². The van der Waals surface area contributed by atoms with Gasteiger partial charge in [0.15, 0.2) is 0 Å². The standard InChI is InChI=1S/C22H20ClF4N5O3/c23-18-17(8-16(9-28-18)31-13-30-32(20(31)34)11-22(25,26)27)19(33)29-10-21(6-1-7-35-12-21)14-2-4-15(24)5-3-14/h2-5,8-9,13H,1,6-7,10-12H2,(H,29,33). The van der Waals surface area contributed by atoms with Gasteiger partial charge in [0.1, 0.15) is 23.8 Å². The van der Waals surface area contributed by atoms with Gasteiger partial charge in [-0.25, -0.2) is 23.4 Å². The molecule has 1 amide bonds. The van der Waals surface area contributed by atoms with Crippen LogP contribution in [0, 0.1) is 5.82 Å². The molecule has 0 saturated carbocycles. The van der Waals surface area contributed by atoms with Gasteiger partial charge in [0.2, 0.25) is 0 Å². The van der Waals surface area contributed by atoms with Crippen molar-refractivity contribution < 1.29 is 27.1 Å². The molecular formula is C22H20ClF4N5O3. The molecule has 0 aliphatic carbocycles. The maximum Gasteiger partial charge on any atom is 0.408 e. The summed E-state index contributed by atoms with van der Waals surface area (Å²) >= 11 is 6.11. The second kappa shape index (κ2) is 9.78. The molecule has 0 radical (unpaired) electrons. The number of hydrogen-bond acceptors (Lipinski definition) is 5. The van der Waals surface area contributed by atoms with Gasteiger partial charge in [-0.15, -0.1) is 0 Å². The number of amides is 1. The number of benzene rings is 1. The fourth-order valence-electron chi connectivity index (χ4n) is 3.99. The normalized spacial score (nSPS) is 18.4. The zero-order chi connectivity index (χ0) is 25.2. The second-order valence-corrected chi connectivity index (χ2v) is 8.57. The third kappa shape index (κ3) is 5.54. The van der Waals surface area contributed by atoms with Crippen LogP contribution in [0.25, 0.3) is 5.69 Å². The lowest BCUT2D eigenvalue weighted by Crippen LogP contribution is -2.46. The number of halogens is 5. The zero-order valence-electron chi connectivity index (χ0n) is 18.2. The first-order chi connectivity index (χ1) is 16.6. The predicted molar refractivity (Wildman–Crippen MR) is 117 cm³/mol. The van der Waals surface area contributed by atoms with E-state index in [0.717, 1.165) is 29.1 Å². The molecule has 1 aliphatic rings. The molecule has 1 unspecified atom stereocenters. The molecule has 3 heterocycles. The van der Waals surface area contributed by atoms with Crippen LogP contribution in [0.2, 0.25) is 5.15 Å². The van der Waals surface area contributed by atoms with Crippen LogP contribution in [-0.2, 0) is 16.7 Å². The zero-order valence-corrected chi connectivity index (χ0v) is 18.9. The summed E-state index contributed by atoms with van der Waals surface area (Å²) in [7, 11) is 0. The predicted octanol–water partition coefficient (Wildman–Crippen LogP) is 3.26. The fraction of sp³-hybridized carbons (Fsp3) is 0.364. The smallest absolute Gasteiger partial charge is 0.380 e. The number of carbonyl (C=O) groups excluding carboxylic acids is 1. The average Bonchev–Trinajstić information content (AvgIpc) is 3.17. The Hall–Kier alpha value is -3.25. The Morgan fingerprint density at radius 1 is 1.26 bits per heavy atom. The summed E-state index contributed by atoms with van der Waals surface area (Å²) in [4.78, 5) is 29.2. The molecule has 0 spiro atoms. The van der Waals surface area contributed by atoms with Crippen LogP contribution in [0.3, 0.4) is 0 Å². The largest absolute Gasteiger partial charge is 0.408 e. The van der Waals surface area contributed by atoms with Crippen molar-refractivity contribution >= 4 is 17.5 Å². The van der Waals surface area contributed by atoms with Crippen molar-refractivity contribution in [3.8, 4) is 5.69 Å². The Bertz CT molecular complexity index is 1270. The molecule has 3 aromatic rings. The molecule has 13 heteroatoms. The molecule has 1 fully saturated rings. The van der Waals surface area contributed by atoms with Crippen molar-refractivity contribution in [2.24, 2.45) is 0 Å². The highest BCUT2D eigenvalue weighted by Crippen LogP contribution is 2.33. The first kappa shape index (κ1) is 24.9. The lowest BCUT2D eigenvalue weighted by Gasteiger charge is -2.37. The van der Waals surface area contributed by atoms with Crippen LogP contribution in [0.4, 0.5) is 17.6 Å². The molecule has 1 aromatic carbocycles. The maximum atomic E-state index is 13.4. The highest BCUT2D eigenvalue weighted by molar-refractivity contribution is 6.32. The molecule has 186 valence electrons. The van der Waals surface area contributed by atoms with E-state index in [1.807, 2.05) is 0 Å². The Morgan fingerprint density at radius 2 is 2.00 bits per heavy atom. The number of alkyl halides is 3. The van der Waals surface area contributed by atoms with Crippen LogP contribution in [0.1, 0.15) is 28.8 Å². The molecule has 8 nitrogen and oxygen atoms in total. The highest BCUT2D eigenvalue weighted by Gasteiger charge is 2.35. The Balaban J connectivity index is 1.57. The molecule has 0 bridgehead atoms. The lowest BCUT2D eigenvalue weighted by atomic mass is 9.76. The van der Waals surface area contributed by atoms with Gasteiger partial charge in [0.25, 0.3) is 5.91 Å². The molecular weight excluding hydrogens is 494 g/mol. The van der Waals surface area contributed by atoms with E-state index in [-0.39, 0.29) is 33.4 Å². The van der Waals surface area contributed by atoms with E-state index in [1.54, 1.807) is 12.1 Å². The van der Waals surface area contributed by atoms with Crippen LogP contribution in [0.5, 0.6) is 0 Å². The van der Waals surface area contributed by atoms with E-state index >= 15 is 0 Å². The molecule has 35 heavy (non-hydrogen) atoms. The van der Waals surface area contributed by atoms with Crippen molar-refractivity contribution in [2.45, 2.75) is 31.0 Å². The first-order valence-corrected chi connectivity index (χ1v) is 10.9. The number of nitrogens with zero attached hydrogens (tertiary/aromatic N) is 4. The summed E-state index contributed by atoms with van der Waals surface area (Å²) in [5.74, 6) is -0.986. The van der Waals surface area contributed by atoms with E-state index in [1.165, 1.54) is 18.2 Å². The minimum absolute atomic E-state index is 0.0206. The first-order valence-electron chi connectivity index (χ1n) is 10.6. The van der Waals surface area contributed by atoms with Crippen molar-refractivity contribution in [3.63, 3.8) is 0 Å². The Kier molecular flexibility index (Phi) is 6.95. The van der Waals surface area contributed by atoms with E-state index in [0.29, 0.717) is 19.6 Å². The van der Waals surface area contributed by atoms with Crippen LogP contribution in [-0.4, -0.2) is 51.2 Å². The maximum absolute atomic E-state index is 13.4. The van der Waals surface area contributed by atoms with E-state index < -0.39 is 29.7 Å². The number of carbonyl (C=O) groups is 1. The van der Waals surface area contributed by atoms with Gasteiger partial charge < -0.3 is 10.1 Å². The van der Waals surface area contributed by atoms with Gasteiger partial charge in [-0.1, -0.05) is 23.7 Å². The van der Waals surface area contributed by atoms with Crippen LogP contribution < -0.4 is 11.0 Å². The summed E-state index contributed by atoms with van der Waals surface area (Å²) in [6.07, 6.45) is -1.14. The van der Waals surface area contributed by atoms with Crippen molar-refractivity contribution in [3.05, 3.63) is 75.4 Å². The van der Waals surface area contributed by atoms with Crippen LogP contribution >= 0.6 is 11.6 Å². The SMILES string of the molecule is O=C(NCC1(c2ccc(F)cc2)CCCOC1)c1cc(-n2cnn(CC(F)(F)F)c2=O)cnc1Cl. The molecule has 1 atom stereocenters. The van der Waals surface area contributed by atoms with Gasteiger partial charge in [0.05, 0.1) is 24.1 Å². The summed E-state index contributed by atoms with van der Waals surface area (Å²) < 4.78 is 58.1. The van der Waals surface area contributed by atoms with Gasteiger partial charge in [-0.05, 0) is 36.6 Å². The summed E-state index contributed by atoms with van der Waals surface area (Å²) in [5, 5.41) is 6.11. The monoisotopic (exact) mass is 513 g/mol. The van der Waals surface area contributed by atoms with Crippen LogP contribution in [0.15, 0.2) is 47.7 Å². The van der Waals surface area contributed by atoms with Crippen molar-refractivity contribution in [2.75, 3.05) is 19.8 Å². The average molecular weight is 514 g/mol. The Labute approximate surface area is 201 Å². The molecule has 2 aromatic heterocycles. The quantitative estimate of drug-likeness (QED) is 0.403. The van der Waals surface area contributed by atoms with Crippen molar-refractivity contribution in [1.82, 2.24) is 24.6 Å². The molecule has 4 rings (SSSR count).